The molecule has 0 aromatic carbocycles. The molecule has 1 fully saturated rings. The number of aliphatic carboxylic acids is 1. The minimum absolute atomic E-state index is 0.0171. The lowest BCUT2D eigenvalue weighted by Crippen LogP contribution is -2.62. The molecule has 0 saturated carbocycles. The third-order valence-corrected chi connectivity index (χ3v) is 19.0. The van der Waals surface area contributed by atoms with Gasteiger partial charge in [0.25, 0.3) is 0 Å². The first-order valence-corrected chi connectivity index (χ1v) is 39.4. The predicted octanol–water partition coefficient (Wildman–Crippen LogP) is -10.1. The first-order chi connectivity index (χ1) is 54.8. The number of aromatic nitrogens is 2. The number of hydrogen-bond donors (Lipinski definition) is 24. The van der Waals surface area contributed by atoms with Crippen molar-refractivity contribution in [2.24, 2.45) is 62.9 Å². The van der Waals surface area contributed by atoms with Crippen LogP contribution in [0.4, 0.5) is 0 Å². The van der Waals surface area contributed by atoms with Crippen LogP contribution >= 0.6 is 11.8 Å². The number of nitrogens with zero attached hydrogens (tertiary/aromatic N) is 3. The van der Waals surface area contributed by atoms with Gasteiger partial charge in [0.2, 0.25) is 106 Å². The van der Waals surface area contributed by atoms with E-state index >= 15 is 0 Å². The third-order valence-electron chi connectivity index (χ3n) is 18.4. The number of guanidine groups is 1. The van der Waals surface area contributed by atoms with E-state index in [0.29, 0.717) is 0 Å². The molecule has 1 saturated heterocycles. The SMILES string of the molecule is CC[C@H](C)[C@H](NC(=O)[C@H](C)NC(=O)[C@H](CCC(N)=O)NC(=O)[C@H](Cc1cnc[nH]1)NC(=O)[C@@H](NC(=O)[C@H](CCSC)NC(=O)[C@H](CCC(N)=O)NC(=O)CNC(=O)[C@@H](N)CCC(N)=O)C(C)C)C(=O)N[C@@H](CO)C(=O)N1CCC[C@H]1C(=O)N[C@@H](CCCN=C(N)N)C(=O)N[C@H](C(=O)N[C@@H](CC(C)C)C(=O)N[C@@H](CC(N)=O)C(=O)O)[C@@H](C)O. The second kappa shape index (κ2) is 51.6. The van der Waals surface area contributed by atoms with Gasteiger partial charge in [-0.3, -0.25) is 91.3 Å². The quantitative estimate of drug-likeness (QED) is 0.0164. The van der Waals surface area contributed by atoms with Crippen molar-refractivity contribution < 1.29 is 106 Å². The smallest absolute Gasteiger partial charge is 0.326 e. The van der Waals surface area contributed by atoms with Crippen molar-refractivity contribution in [3.63, 3.8) is 0 Å². The molecule has 0 aliphatic carbocycles. The van der Waals surface area contributed by atoms with E-state index < -0.39 is 254 Å². The maximum absolute atomic E-state index is 14.5. The van der Waals surface area contributed by atoms with Crippen molar-refractivity contribution in [2.45, 2.75) is 242 Å². The van der Waals surface area contributed by atoms with Crippen LogP contribution in [0.5, 0.6) is 0 Å². The number of carboxylic acid groups (broad SMARTS) is 1. The number of rotatable bonds is 55. The Morgan fingerprint density at radius 3 is 1.57 bits per heavy atom. The Balaban J connectivity index is 2.41. The van der Waals surface area contributed by atoms with Crippen molar-refractivity contribution in [3.8, 4) is 0 Å². The van der Waals surface area contributed by atoms with Gasteiger partial charge in [0, 0.05) is 50.7 Å². The van der Waals surface area contributed by atoms with Crippen LogP contribution in [0.3, 0.4) is 0 Å². The van der Waals surface area contributed by atoms with Gasteiger partial charge in [-0.05, 0) is 101 Å². The fraction of sp³-hybridized carbons (Fsp3) is 0.671. The van der Waals surface area contributed by atoms with Crippen LogP contribution in [0.25, 0.3) is 0 Å². The van der Waals surface area contributed by atoms with Gasteiger partial charge in [-0.2, -0.15) is 11.8 Å². The Kier molecular flexibility index (Phi) is 44.8. The number of likely N-dealkylation sites (tertiary alicyclic amines) is 1. The molecule has 2 rings (SSSR count). The minimum atomic E-state index is -1.83. The van der Waals surface area contributed by atoms with Gasteiger partial charge in [-0.15, -0.1) is 0 Å². The lowest BCUT2D eigenvalue weighted by atomic mass is 9.97. The first kappa shape index (κ1) is 102. The predicted molar refractivity (Wildman–Crippen MR) is 419 cm³/mol. The lowest BCUT2D eigenvalue weighted by molar-refractivity contribution is -0.144. The second-order valence-corrected chi connectivity index (χ2v) is 30.0. The molecule has 1 aliphatic rings. The number of amides is 18. The summed E-state index contributed by atoms with van der Waals surface area (Å²) in [5.41, 5.74) is 38.2. The maximum atomic E-state index is 14.5. The number of aromatic amines is 1. The number of carbonyl (C=O) groups is 19. The summed E-state index contributed by atoms with van der Waals surface area (Å²) < 4.78 is 0. The highest BCUT2D eigenvalue weighted by molar-refractivity contribution is 7.98. The molecule has 1 aliphatic heterocycles. The van der Waals surface area contributed by atoms with Gasteiger partial charge < -0.3 is 134 Å². The fourth-order valence-corrected chi connectivity index (χ4v) is 12.1. The number of aliphatic imine (C=N–C) groups is 1. The molecule has 47 heteroatoms. The highest BCUT2D eigenvalue weighted by atomic mass is 32.2. The number of imidazole rings is 1. The highest BCUT2D eigenvalue weighted by Gasteiger charge is 2.43. The second-order valence-electron chi connectivity index (χ2n) is 29.0. The molecular formula is C70H118N24O22S. The molecule has 46 nitrogen and oxygen atoms in total. The molecule has 18 amide bonds. The van der Waals surface area contributed by atoms with Crippen molar-refractivity contribution in [3.05, 3.63) is 18.2 Å². The summed E-state index contributed by atoms with van der Waals surface area (Å²) in [5.74, 6) is -20.9. The number of aliphatic hydroxyl groups excluding tert-OH is 2. The van der Waals surface area contributed by atoms with E-state index in [4.69, 9.17) is 40.1 Å². The minimum Gasteiger partial charge on any atom is -0.480 e. The number of aliphatic hydroxyl groups is 2. The summed E-state index contributed by atoms with van der Waals surface area (Å²) in [4.78, 5) is 266. The molecule has 0 spiro atoms. The summed E-state index contributed by atoms with van der Waals surface area (Å²) in [6, 6.07) is -21.7. The Labute approximate surface area is 679 Å². The van der Waals surface area contributed by atoms with Gasteiger partial charge in [0.05, 0.1) is 38.0 Å². The largest absolute Gasteiger partial charge is 0.480 e. The molecule has 0 unspecified atom stereocenters. The van der Waals surface area contributed by atoms with E-state index in [0.717, 1.165) is 11.8 Å². The first-order valence-electron chi connectivity index (χ1n) is 38.0. The van der Waals surface area contributed by atoms with E-state index in [9.17, 15) is 106 Å². The number of H-pyrrole nitrogens is 1. The van der Waals surface area contributed by atoms with Crippen LogP contribution in [-0.2, 0) is 97.5 Å². The third kappa shape index (κ3) is 37.0. The van der Waals surface area contributed by atoms with E-state index in [1.807, 2.05) is 0 Å². The highest BCUT2D eigenvalue weighted by Crippen LogP contribution is 2.21. The molecule has 1 aromatic rings. The summed E-state index contributed by atoms with van der Waals surface area (Å²) in [6.45, 7) is 10.0. The number of primary amides is 4. The van der Waals surface area contributed by atoms with E-state index in [1.54, 1.807) is 47.8 Å². The Morgan fingerprint density at radius 1 is 0.564 bits per heavy atom. The van der Waals surface area contributed by atoms with Crippen molar-refractivity contribution >= 4 is 130 Å². The van der Waals surface area contributed by atoms with Crippen LogP contribution in [0.2, 0.25) is 0 Å². The zero-order valence-corrected chi connectivity index (χ0v) is 67.9. The van der Waals surface area contributed by atoms with Crippen LogP contribution < -0.4 is 109 Å². The van der Waals surface area contributed by atoms with Crippen molar-refractivity contribution in [1.82, 2.24) is 84.0 Å². The molecule has 16 atom stereocenters. The zero-order valence-electron chi connectivity index (χ0n) is 67.1. The van der Waals surface area contributed by atoms with Gasteiger partial charge >= 0.3 is 5.97 Å². The molecule has 31 N–H and O–H groups in total. The molecule has 0 radical (unpaired) electrons. The number of hydrogen-bond acceptors (Lipinski definition) is 25. The molecular weight excluding hydrogens is 1560 g/mol. The van der Waals surface area contributed by atoms with Crippen LogP contribution in [0.15, 0.2) is 17.5 Å². The van der Waals surface area contributed by atoms with Crippen LogP contribution in [-0.4, -0.2) is 277 Å². The molecule has 1 aromatic heterocycles. The Morgan fingerprint density at radius 2 is 1.05 bits per heavy atom. The van der Waals surface area contributed by atoms with Gasteiger partial charge in [-0.25, -0.2) is 9.78 Å². The van der Waals surface area contributed by atoms with E-state index in [-0.39, 0.29) is 107 Å². The summed E-state index contributed by atoms with van der Waals surface area (Å²) >= 11 is 1.28. The Hall–Kier alpha value is -11.4. The summed E-state index contributed by atoms with van der Waals surface area (Å²) in [5, 5.41) is 62.8. The number of nitrogens with two attached hydrogens (primary N) is 7. The fourth-order valence-electron chi connectivity index (χ4n) is 11.7. The monoisotopic (exact) mass is 1680 g/mol. The van der Waals surface area contributed by atoms with E-state index in [2.05, 4.69) is 84.1 Å². The average molecular weight is 1680 g/mol. The van der Waals surface area contributed by atoms with Crippen molar-refractivity contribution in [1.29, 1.82) is 0 Å². The molecule has 117 heavy (non-hydrogen) atoms. The standard InChI is InChI=1S/C70H118N24O22S/c1-10-34(6)54(66(112)90-46(30-95)68(114)94-23-12-14-47(94)64(110)86-39(13-11-22-79-70(76)77)60(106)93-55(36(8)96)67(113)87-43(25-32(2)3)62(108)89-45(69(115)116)27-51(75)100)92-56(102)35(7)82-58(104)41(17-20-50(74)99)84-63(109)44(26-37-28-78-31-81-37)88-65(111)53(33(4)5)91-61(107)42(21-24-117-9)85-59(105)40(16-19-49(73)98)83-52(101)29-80-57(103)38(71)15-18-48(72)97/h28,31-36,38-47,53-55,95-96H,10-27,29-30,71H2,1-9H3,(H2,72,97)(H2,73,98)(H2,74,99)(H2,75,100)(H,78,81)(H,80,103)(H,82,104)(H,83,101)(H,84,109)(H,85,105)(H,86,110)(H,87,113)(H,88,111)(H,89,108)(H,90,112)(H,91,107)(H,92,102)(H,93,106)(H,115,116)(H4,76,77,79)/t34-,35-,36+,38-,39-,40-,41-,42-,43-,44-,45-,46-,47-,53-,54-,55-/m0/s1. The van der Waals surface area contributed by atoms with Gasteiger partial charge in [0.1, 0.15) is 78.5 Å². The molecule has 0 bridgehead atoms. The number of thioether (sulfide) groups is 1. The molecule has 656 valence electrons. The van der Waals surface area contributed by atoms with Gasteiger partial charge in [0.15, 0.2) is 5.96 Å². The number of carboxylic acids is 1. The lowest BCUT2D eigenvalue weighted by Gasteiger charge is -2.31. The van der Waals surface area contributed by atoms with Crippen molar-refractivity contribution in [2.75, 3.05) is 38.2 Å². The summed E-state index contributed by atoms with van der Waals surface area (Å²) in [7, 11) is 0. The number of carbonyl (C=O) groups excluding carboxylic acids is 18. The van der Waals surface area contributed by atoms with Crippen LogP contribution in [0, 0.1) is 17.8 Å². The topological polar surface area (TPSA) is 768 Å². The average Bonchev–Trinajstić information content (AvgIpc) is 1.71. The summed E-state index contributed by atoms with van der Waals surface area (Å²) in [6.07, 6.45) is -0.657. The number of nitrogens with one attached hydrogen (secondary N) is 14. The Bertz CT molecular complexity index is 3640. The normalized spacial score (nSPS) is 16.3. The zero-order chi connectivity index (χ0) is 88.7. The van der Waals surface area contributed by atoms with Gasteiger partial charge in [-0.1, -0.05) is 48.0 Å². The molecule has 2 heterocycles. The van der Waals surface area contributed by atoms with Crippen LogP contribution in [0.1, 0.15) is 151 Å². The maximum Gasteiger partial charge on any atom is 0.326 e. The van der Waals surface area contributed by atoms with E-state index in [1.165, 1.54) is 31.2 Å².